The van der Waals surface area contributed by atoms with Crippen LogP contribution in [-0.4, -0.2) is 26.0 Å². The molecule has 0 heterocycles. The molecule has 3 N–H and O–H groups in total. The Morgan fingerprint density at radius 2 is 2.00 bits per heavy atom. The molecule has 0 unspecified atom stereocenters. The summed E-state index contributed by atoms with van der Waals surface area (Å²) in [6, 6.07) is 12.9. The molecule has 2 rings (SSSR count). The van der Waals surface area contributed by atoms with E-state index in [1.54, 1.807) is 6.07 Å². The zero-order chi connectivity index (χ0) is 16.8. The molecule has 0 spiro atoms. The Hall–Kier alpha value is -2.08. The molecule has 6 heteroatoms. The number of carbonyl (C=O) groups excluding carboxylic acids is 1. The van der Waals surface area contributed by atoms with E-state index in [1.165, 1.54) is 6.07 Å². The van der Waals surface area contributed by atoms with Gasteiger partial charge in [-0.25, -0.2) is 4.39 Å². The summed E-state index contributed by atoms with van der Waals surface area (Å²) < 4.78 is 14.4. The summed E-state index contributed by atoms with van der Waals surface area (Å²) in [5.74, 6) is -1.41. The Labute approximate surface area is 143 Å². The van der Waals surface area contributed by atoms with E-state index in [0.29, 0.717) is 16.7 Å². The van der Waals surface area contributed by atoms with Gasteiger partial charge in [0.1, 0.15) is 5.82 Å². The average Bonchev–Trinajstić information content (AvgIpc) is 2.51. The minimum absolute atomic E-state index is 0.107. The topological polar surface area (TPSA) is 58.4 Å². The number of carbonyl (C=O) groups is 1. The number of nitrogens with two attached hydrogens (primary N) is 1. The number of amides is 1. The van der Waals surface area contributed by atoms with Gasteiger partial charge in [-0.3, -0.25) is 4.79 Å². The van der Waals surface area contributed by atoms with Gasteiger partial charge in [-0.1, -0.05) is 34.1 Å². The molecule has 0 saturated heterocycles. The average molecular weight is 380 g/mol. The number of nitrogens with one attached hydrogen (secondary N) is 1. The number of anilines is 2. The minimum Gasteiger partial charge on any atom is -0.384 e. The highest BCUT2D eigenvalue weighted by atomic mass is 79.9. The number of hydrogen-bond donors (Lipinski definition) is 2. The van der Waals surface area contributed by atoms with Crippen molar-refractivity contribution in [2.24, 2.45) is 5.73 Å². The monoisotopic (exact) mass is 379 g/mol. The van der Waals surface area contributed by atoms with E-state index in [-0.39, 0.29) is 5.56 Å². The molecule has 4 nitrogen and oxygen atoms in total. The molecule has 2 aromatic rings. The standard InChI is InChI=1S/C17H19BrFN3O/c1-22(13-6-3-2-4-7-13)9-5-8-21-15-11-12(18)10-14(19)16(15)17(20)23/h2-4,6-7,10-11,21H,5,8-9H2,1H3,(H2,20,23). The highest BCUT2D eigenvalue weighted by Crippen LogP contribution is 2.24. The van der Waals surface area contributed by atoms with E-state index in [4.69, 9.17) is 5.73 Å². The third-order valence-corrected chi connectivity index (χ3v) is 3.94. The predicted octanol–water partition coefficient (Wildman–Crippen LogP) is 3.63. The second-order valence-corrected chi connectivity index (χ2v) is 6.13. The van der Waals surface area contributed by atoms with Gasteiger partial charge in [-0.05, 0) is 30.7 Å². The van der Waals surface area contributed by atoms with Crippen LogP contribution in [-0.2, 0) is 0 Å². The fraction of sp³-hybridized carbons (Fsp3) is 0.235. The Kier molecular flexibility index (Phi) is 5.98. The van der Waals surface area contributed by atoms with E-state index in [1.807, 2.05) is 37.4 Å². The van der Waals surface area contributed by atoms with E-state index < -0.39 is 11.7 Å². The molecular weight excluding hydrogens is 361 g/mol. The highest BCUT2D eigenvalue weighted by Gasteiger charge is 2.15. The first kappa shape index (κ1) is 17.3. The SMILES string of the molecule is CN(CCCNc1cc(Br)cc(F)c1C(N)=O)c1ccccc1. The minimum atomic E-state index is -0.779. The van der Waals surface area contributed by atoms with Gasteiger partial charge in [-0.2, -0.15) is 0 Å². The van der Waals surface area contributed by atoms with Crippen LogP contribution in [0.3, 0.4) is 0 Å². The van der Waals surface area contributed by atoms with Gasteiger partial charge < -0.3 is 16.0 Å². The van der Waals surface area contributed by atoms with Crippen LogP contribution in [0.15, 0.2) is 46.9 Å². The lowest BCUT2D eigenvalue weighted by Gasteiger charge is -2.19. The van der Waals surface area contributed by atoms with Crippen molar-refractivity contribution >= 4 is 33.2 Å². The normalized spacial score (nSPS) is 10.4. The second kappa shape index (κ2) is 7.97. The maximum absolute atomic E-state index is 13.8. The largest absolute Gasteiger partial charge is 0.384 e. The summed E-state index contributed by atoms with van der Waals surface area (Å²) in [7, 11) is 2.02. The Morgan fingerprint density at radius 1 is 1.30 bits per heavy atom. The summed E-state index contributed by atoms with van der Waals surface area (Å²) in [5.41, 5.74) is 6.69. The lowest BCUT2D eigenvalue weighted by molar-refractivity contribution is 0.0997. The molecule has 0 aliphatic carbocycles. The second-order valence-electron chi connectivity index (χ2n) is 5.21. The number of halogens is 2. The molecule has 0 aliphatic rings. The van der Waals surface area contributed by atoms with Crippen LogP contribution >= 0.6 is 15.9 Å². The summed E-state index contributed by atoms with van der Waals surface area (Å²) >= 11 is 3.22. The van der Waals surface area contributed by atoms with E-state index in [9.17, 15) is 9.18 Å². The summed E-state index contributed by atoms with van der Waals surface area (Å²) in [6.07, 6.45) is 0.831. The molecule has 0 fully saturated rings. The smallest absolute Gasteiger partial charge is 0.253 e. The first-order valence-corrected chi connectivity index (χ1v) is 8.07. The van der Waals surface area contributed by atoms with Crippen LogP contribution in [0.5, 0.6) is 0 Å². The number of hydrogen-bond acceptors (Lipinski definition) is 3. The quantitative estimate of drug-likeness (QED) is 0.722. The molecule has 0 atom stereocenters. The molecule has 0 bridgehead atoms. The highest BCUT2D eigenvalue weighted by molar-refractivity contribution is 9.10. The molecule has 122 valence electrons. The van der Waals surface area contributed by atoms with Crippen molar-refractivity contribution < 1.29 is 9.18 Å². The van der Waals surface area contributed by atoms with Crippen molar-refractivity contribution in [3.05, 3.63) is 58.3 Å². The Morgan fingerprint density at radius 3 is 2.65 bits per heavy atom. The number of benzene rings is 2. The molecule has 2 aromatic carbocycles. The third kappa shape index (κ3) is 4.69. The third-order valence-electron chi connectivity index (χ3n) is 3.48. The van der Waals surface area contributed by atoms with Crippen LogP contribution in [0.25, 0.3) is 0 Å². The predicted molar refractivity (Wildman–Crippen MR) is 95.4 cm³/mol. The van der Waals surface area contributed by atoms with Gasteiger partial charge in [-0.15, -0.1) is 0 Å². The van der Waals surface area contributed by atoms with Crippen molar-refractivity contribution in [1.29, 1.82) is 0 Å². The molecule has 0 aromatic heterocycles. The van der Waals surface area contributed by atoms with Crippen LogP contribution in [0.2, 0.25) is 0 Å². The molecule has 0 radical (unpaired) electrons. The zero-order valence-corrected chi connectivity index (χ0v) is 14.4. The number of para-hydroxylation sites is 1. The Balaban J connectivity index is 1.93. The fourth-order valence-electron chi connectivity index (χ4n) is 2.31. The number of rotatable bonds is 7. The summed E-state index contributed by atoms with van der Waals surface area (Å²) in [5, 5.41) is 3.09. The van der Waals surface area contributed by atoms with Crippen molar-refractivity contribution in [2.75, 3.05) is 30.4 Å². The maximum Gasteiger partial charge on any atom is 0.253 e. The molecule has 0 saturated carbocycles. The van der Waals surface area contributed by atoms with Gasteiger partial charge >= 0.3 is 0 Å². The summed E-state index contributed by atoms with van der Waals surface area (Å²) in [6.45, 7) is 1.44. The number of primary amides is 1. The van der Waals surface area contributed by atoms with Crippen molar-refractivity contribution in [1.82, 2.24) is 0 Å². The Bertz CT molecular complexity index is 679. The molecule has 0 aliphatic heterocycles. The van der Waals surface area contributed by atoms with Crippen LogP contribution in [0.1, 0.15) is 16.8 Å². The molecular formula is C17H19BrFN3O. The molecule has 1 amide bonds. The first-order valence-electron chi connectivity index (χ1n) is 7.28. The summed E-state index contributed by atoms with van der Waals surface area (Å²) in [4.78, 5) is 13.5. The van der Waals surface area contributed by atoms with Gasteiger partial charge in [0.25, 0.3) is 5.91 Å². The van der Waals surface area contributed by atoms with Crippen molar-refractivity contribution in [3.8, 4) is 0 Å². The van der Waals surface area contributed by atoms with Crippen LogP contribution in [0.4, 0.5) is 15.8 Å². The van der Waals surface area contributed by atoms with Gasteiger partial charge in [0.05, 0.1) is 11.3 Å². The molecule has 23 heavy (non-hydrogen) atoms. The van der Waals surface area contributed by atoms with E-state index in [0.717, 1.165) is 18.7 Å². The lowest BCUT2D eigenvalue weighted by atomic mass is 10.1. The first-order chi connectivity index (χ1) is 11.0. The van der Waals surface area contributed by atoms with Crippen molar-refractivity contribution in [3.63, 3.8) is 0 Å². The lowest BCUT2D eigenvalue weighted by Crippen LogP contribution is -2.22. The van der Waals surface area contributed by atoms with Crippen LogP contribution in [0, 0.1) is 5.82 Å². The number of nitrogens with zero attached hydrogens (tertiary/aromatic N) is 1. The van der Waals surface area contributed by atoms with Gasteiger partial charge in [0.2, 0.25) is 0 Å². The van der Waals surface area contributed by atoms with Crippen molar-refractivity contribution in [2.45, 2.75) is 6.42 Å². The van der Waals surface area contributed by atoms with Gasteiger partial charge in [0.15, 0.2) is 0 Å². The fourth-order valence-corrected chi connectivity index (χ4v) is 2.74. The van der Waals surface area contributed by atoms with Crippen LogP contribution < -0.4 is 16.0 Å². The van der Waals surface area contributed by atoms with E-state index in [2.05, 4.69) is 26.1 Å². The van der Waals surface area contributed by atoms with E-state index >= 15 is 0 Å². The zero-order valence-electron chi connectivity index (χ0n) is 12.9. The maximum atomic E-state index is 13.8. The van der Waals surface area contributed by atoms with Gasteiger partial charge in [0, 0.05) is 30.3 Å².